The van der Waals surface area contributed by atoms with E-state index in [1.807, 2.05) is 12.1 Å². The zero-order chi connectivity index (χ0) is 13.2. The van der Waals surface area contributed by atoms with Crippen LogP contribution < -0.4 is 10.6 Å². The summed E-state index contributed by atoms with van der Waals surface area (Å²) in [7, 11) is 0. The first-order valence-corrected chi connectivity index (χ1v) is 7.40. The second kappa shape index (κ2) is 5.31. The average molecular weight is 276 g/mol. The molecule has 1 aromatic carbocycles. The number of hydrogen-bond donors (Lipinski definition) is 1. The van der Waals surface area contributed by atoms with E-state index in [0.717, 1.165) is 19.5 Å². The van der Waals surface area contributed by atoms with Crippen molar-refractivity contribution in [2.24, 2.45) is 5.73 Å². The van der Waals surface area contributed by atoms with Gasteiger partial charge in [0, 0.05) is 29.9 Å². The number of rotatable bonds is 2. The first-order chi connectivity index (χ1) is 9.24. The van der Waals surface area contributed by atoms with Crippen molar-refractivity contribution in [3.63, 3.8) is 0 Å². The molecule has 1 aliphatic rings. The van der Waals surface area contributed by atoms with E-state index in [9.17, 15) is 4.39 Å². The smallest absolute Gasteiger partial charge is 0.146 e. The Morgan fingerprint density at radius 1 is 1.16 bits per heavy atom. The van der Waals surface area contributed by atoms with Crippen LogP contribution >= 0.6 is 11.3 Å². The zero-order valence-corrected chi connectivity index (χ0v) is 11.4. The van der Waals surface area contributed by atoms with Gasteiger partial charge in [0.05, 0.1) is 5.69 Å². The fourth-order valence-electron chi connectivity index (χ4n) is 2.77. The average Bonchev–Trinajstić information content (AvgIpc) is 2.92. The lowest BCUT2D eigenvalue weighted by molar-refractivity contribution is 0.453. The molecule has 0 spiro atoms. The molecule has 0 bridgehead atoms. The van der Waals surface area contributed by atoms with Gasteiger partial charge in [0.25, 0.3) is 0 Å². The molecule has 100 valence electrons. The highest BCUT2D eigenvalue weighted by Gasteiger charge is 2.28. The number of nitrogens with zero attached hydrogens (tertiary/aromatic N) is 1. The first kappa shape index (κ1) is 12.6. The molecule has 0 saturated carbocycles. The number of hydrogen-bond acceptors (Lipinski definition) is 3. The fourth-order valence-corrected chi connectivity index (χ4v) is 3.61. The molecule has 2 nitrogen and oxygen atoms in total. The molecule has 2 unspecified atom stereocenters. The van der Waals surface area contributed by atoms with Crippen molar-refractivity contribution >= 4 is 17.0 Å². The molecule has 0 radical (unpaired) electrons. The quantitative estimate of drug-likeness (QED) is 0.912. The molecule has 1 aromatic heterocycles. The summed E-state index contributed by atoms with van der Waals surface area (Å²) in [6.45, 7) is 1.57. The fraction of sp³-hybridized carbons (Fsp3) is 0.333. The summed E-state index contributed by atoms with van der Waals surface area (Å²) in [6, 6.07) is 11.2. The minimum Gasteiger partial charge on any atom is -0.367 e. The summed E-state index contributed by atoms with van der Waals surface area (Å²) in [5, 5.41) is 2.09. The van der Waals surface area contributed by atoms with E-state index in [1.165, 1.54) is 10.9 Å². The van der Waals surface area contributed by atoms with Gasteiger partial charge in [0.2, 0.25) is 0 Å². The van der Waals surface area contributed by atoms with E-state index in [-0.39, 0.29) is 11.9 Å². The third-order valence-electron chi connectivity index (χ3n) is 3.62. The summed E-state index contributed by atoms with van der Waals surface area (Å²) >= 11 is 1.76. The highest BCUT2D eigenvalue weighted by atomic mass is 32.1. The first-order valence-electron chi connectivity index (χ1n) is 6.52. The van der Waals surface area contributed by atoms with Crippen LogP contribution in [0.4, 0.5) is 10.1 Å². The molecular formula is C15H17FN2S. The second-order valence-electron chi connectivity index (χ2n) is 5.06. The molecule has 1 fully saturated rings. The van der Waals surface area contributed by atoms with Crippen LogP contribution in [0.5, 0.6) is 0 Å². The van der Waals surface area contributed by atoms with E-state index < -0.39 is 0 Å². The molecule has 0 aliphatic carbocycles. The van der Waals surface area contributed by atoms with Crippen molar-refractivity contribution in [1.82, 2.24) is 0 Å². The van der Waals surface area contributed by atoms with Crippen molar-refractivity contribution in [3.8, 4) is 0 Å². The van der Waals surface area contributed by atoms with Crippen LogP contribution in [0.15, 0.2) is 41.8 Å². The summed E-state index contributed by atoms with van der Waals surface area (Å²) < 4.78 is 13.9. The normalized spacial score (nSPS) is 23.6. The van der Waals surface area contributed by atoms with E-state index >= 15 is 0 Å². The Morgan fingerprint density at radius 2 is 2.00 bits per heavy atom. The van der Waals surface area contributed by atoms with Crippen molar-refractivity contribution in [2.45, 2.75) is 18.4 Å². The monoisotopic (exact) mass is 276 g/mol. The van der Waals surface area contributed by atoms with Gasteiger partial charge in [-0.3, -0.25) is 0 Å². The number of halogens is 1. The van der Waals surface area contributed by atoms with Crippen LogP contribution in [0, 0.1) is 5.82 Å². The molecule has 4 heteroatoms. The van der Waals surface area contributed by atoms with E-state index in [1.54, 1.807) is 17.4 Å². The van der Waals surface area contributed by atoms with Gasteiger partial charge in [0.15, 0.2) is 0 Å². The zero-order valence-electron chi connectivity index (χ0n) is 10.6. The standard InChI is InChI=1S/C15H17FN2S/c16-13-4-1-2-5-14(13)18-9-11(8-12(17)10-18)15-6-3-7-19-15/h1-7,11-12H,8-10,17H2. The Hall–Kier alpha value is -1.39. The lowest BCUT2D eigenvalue weighted by atomic mass is 9.93. The molecule has 1 saturated heterocycles. The largest absolute Gasteiger partial charge is 0.367 e. The van der Waals surface area contributed by atoms with Crippen LogP contribution in [0.2, 0.25) is 0 Å². The van der Waals surface area contributed by atoms with E-state index in [2.05, 4.69) is 22.4 Å². The van der Waals surface area contributed by atoms with Crippen molar-refractivity contribution < 1.29 is 4.39 Å². The number of benzene rings is 1. The Kier molecular flexibility index (Phi) is 3.53. The Labute approximate surface area is 116 Å². The third-order valence-corrected chi connectivity index (χ3v) is 4.66. The van der Waals surface area contributed by atoms with E-state index in [0.29, 0.717) is 11.6 Å². The minimum absolute atomic E-state index is 0.0976. The highest BCUT2D eigenvalue weighted by molar-refractivity contribution is 7.10. The maximum atomic E-state index is 13.9. The third kappa shape index (κ3) is 2.65. The number of thiophene rings is 1. The molecular weight excluding hydrogens is 259 g/mol. The van der Waals surface area contributed by atoms with Gasteiger partial charge in [-0.2, -0.15) is 0 Å². The number of anilines is 1. The molecule has 2 heterocycles. The van der Waals surface area contributed by atoms with Crippen molar-refractivity contribution in [1.29, 1.82) is 0 Å². The van der Waals surface area contributed by atoms with Gasteiger partial charge >= 0.3 is 0 Å². The van der Waals surface area contributed by atoms with Crippen LogP contribution in [0.25, 0.3) is 0 Å². The lowest BCUT2D eigenvalue weighted by Gasteiger charge is -2.37. The summed E-state index contributed by atoms with van der Waals surface area (Å²) in [5.41, 5.74) is 6.82. The SMILES string of the molecule is NC1CC(c2cccs2)CN(c2ccccc2F)C1. The topological polar surface area (TPSA) is 29.3 Å². The Bertz CT molecular complexity index is 541. The number of piperidine rings is 1. The predicted octanol–water partition coefficient (Wildman–Crippen LogP) is 3.21. The molecule has 3 rings (SSSR count). The van der Waals surface area contributed by atoms with Crippen LogP contribution in [-0.2, 0) is 0 Å². The Morgan fingerprint density at radius 3 is 2.74 bits per heavy atom. The Balaban J connectivity index is 1.85. The summed E-state index contributed by atoms with van der Waals surface area (Å²) in [6.07, 6.45) is 0.978. The number of nitrogens with two attached hydrogens (primary N) is 1. The molecule has 2 atom stereocenters. The number of para-hydroxylation sites is 1. The highest BCUT2D eigenvalue weighted by Crippen LogP contribution is 2.32. The van der Waals surface area contributed by atoms with Crippen LogP contribution in [0.1, 0.15) is 17.2 Å². The summed E-state index contributed by atoms with van der Waals surface area (Å²) in [5.74, 6) is 0.241. The lowest BCUT2D eigenvalue weighted by Crippen LogP contribution is -2.46. The van der Waals surface area contributed by atoms with Gasteiger partial charge in [0.1, 0.15) is 5.82 Å². The summed E-state index contributed by atoms with van der Waals surface area (Å²) in [4.78, 5) is 3.42. The molecule has 2 aromatic rings. The van der Waals surface area contributed by atoms with Crippen molar-refractivity contribution in [3.05, 3.63) is 52.5 Å². The molecule has 1 aliphatic heterocycles. The molecule has 0 amide bonds. The van der Waals surface area contributed by atoms with Crippen molar-refractivity contribution in [2.75, 3.05) is 18.0 Å². The van der Waals surface area contributed by atoms with Crippen LogP contribution in [0.3, 0.4) is 0 Å². The minimum atomic E-state index is -0.165. The van der Waals surface area contributed by atoms with Gasteiger partial charge in [-0.05, 0) is 30.0 Å². The molecule has 2 N–H and O–H groups in total. The van der Waals surface area contributed by atoms with Crippen LogP contribution in [-0.4, -0.2) is 19.1 Å². The second-order valence-corrected chi connectivity index (χ2v) is 6.04. The maximum absolute atomic E-state index is 13.9. The van der Waals surface area contributed by atoms with Gasteiger partial charge in [-0.25, -0.2) is 4.39 Å². The predicted molar refractivity (Wildman–Crippen MR) is 78.3 cm³/mol. The van der Waals surface area contributed by atoms with Gasteiger partial charge in [-0.1, -0.05) is 18.2 Å². The molecule has 19 heavy (non-hydrogen) atoms. The van der Waals surface area contributed by atoms with Gasteiger partial charge in [-0.15, -0.1) is 11.3 Å². The maximum Gasteiger partial charge on any atom is 0.146 e. The van der Waals surface area contributed by atoms with Gasteiger partial charge < -0.3 is 10.6 Å². The van der Waals surface area contributed by atoms with E-state index in [4.69, 9.17) is 5.73 Å².